The Morgan fingerprint density at radius 1 is 1.07 bits per heavy atom. The second kappa shape index (κ2) is 8.33. The van der Waals surface area contributed by atoms with E-state index in [0.29, 0.717) is 24.1 Å². The lowest BCUT2D eigenvalue weighted by Crippen LogP contribution is -2.37. The molecule has 4 nitrogen and oxygen atoms in total. The van der Waals surface area contributed by atoms with Crippen molar-refractivity contribution in [2.24, 2.45) is 0 Å². The summed E-state index contributed by atoms with van der Waals surface area (Å²) in [7, 11) is 0. The molecule has 0 aromatic heterocycles. The van der Waals surface area contributed by atoms with Crippen LogP contribution in [0.5, 0.6) is 0 Å². The van der Waals surface area contributed by atoms with Gasteiger partial charge in [-0.1, -0.05) is 56.2 Å². The van der Waals surface area contributed by atoms with Gasteiger partial charge >= 0.3 is 5.97 Å². The van der Waals surface area contributed by atoms with E-state index < -0.39 is 23.1 Å². The van der Waals surface area contributed by atoms with Crippen LogP contribution in [-0.4, -0.2) is 18.5 Å². The van der Waals surface area contributed by atoms with E-state index in [4.69, 9.17) is 4.74 Å². The van der Waals surface area contributed by atoms with Crippen molar-refractivity contribution in [3.63, 3.8) is 0 Å². The fourth-order valence-corrected chi connectivity index (χ4v) is 3.82. The van der Waals surface area contributed by atoms with Crippen LogP contribution in [0.3, 0.4) is 0 Å². The van der Waals surface area contributed by atoms with E-state index in [2.05, 4.69) is 5.32 Å². The van der Waals surface area contributed by atoms with Crippen LogP contribution in [0.2, 0.25) is 0 Å². The van der Waals surface area contributed by atoms with Gasteiger partial charge in [-0.15, -0.1) is 0 Å². The van der Waals surface area contributed by atoms with Crippen LogP contribution in [0.1, 0.15) is 43.7 Å². The Bertz CT molecular complexity index is 828. The van der Waals surface area contributed by atoms with E-state index in [1.54, 1.807) is 18.2 Å². The van der Waals surface area contributed by atoms with Crippen LogP contribution in [0.15, 0.2) is 48.5 Å². The highest BCUT2D eigenvalue weighted by molar-refractivity contribution is 5.94. The van der Waals surface area contributed by atoms with Crippen molar-refractivity contribution in [1.82, 2.24) is 0 Å². The molecule has 0 saturated heterocycles. The number of carbonyl (C=O) groups excluding carboxylic acids is 2. The molecule has 0 atom stereocenters. The highest BCUT2D eigenvalue weighted by atomic mass is 19.1. The molecule has 0 unspecified atom stereocenters. The molecular weight excluding hydrogens is 345 g/mol. The van der Waals surface area contributed by atoms with Crippen molar-refractivity contribution in [2.75, 3.05) is 11.9 Å². The molecule has 1 fully saturated rings. The first-order valence-corrected chi connectivity index (χ1v) is 9.37. The molecule has 1 saturated carbocycles. The smallest absolute Gasteiger partial charge is 0.317 e. The van der Waals surface area contributed by atoms with Crippen LogP contribution in [0, 0.1) is 5.82 Å². The predicted molar refractivity (Wildman–Crippen MR) is 102 cm³/mol. The minimum atomic E-state index is -0.993. The number of rotatable bonds is 6. The van der Waals surface area contributed by atoms with Gasteiger partial charge in [0.05, 0.1) is 5.41 Å². The number of nitrogens with one attached hydrogen (secondary N) is 1. The number of ether oxygens (including phenoxy) is 1. The van der Waals surface area contributed by atoms with Crippen molar-refractivity contribution in [2.45, 2.75) is 44.4 Å². The Kier molecular flexibility index (Phi) is 5.89. The maximum Gasteiger partial charge on any atom is 0.317 e. The van der Waals surface area contributed by atoms with Crippen molar-refractivity contribution < 1.29 is 18.7 Å². The minimum absolute atomic E-state index is 0.365. The van der Waals surface area contributed by atoms with Crippen LogP contribution in [0.25, 0.3) is 0 Å². The normalized spacial score (nSPS) is 15.3. The highest BCUT2D eigenvalue weighted by Gasteiger charge is 2.45. The molecular formula is C22H24FNO3. The van der Waals surface area contributed by atoms with Crippen LogP contribution in [-0.2, 0) is 26.2 Å². The molecule has 0 spiro atoms. The van der Waals surface area contributed by atoms with Gasteiger partial charge in [0.25, 0.3) is 5.91 Å². The molecule has 0 heterocycles. The standard InChI is InChI=1S/C22H24FNO3/c1-2-16-9-3-6-12-19(16)24-20(25)15-27-21(26)22(13-7-8-14-22)17-10-4-5-11-18(17)23/h3-6,9-12H,2,7-8,13-15H2,1H3,(H,24,25). The summed E-state index contributed by atoms with van der Waals surface area (Å²) in [5.41, 5.74) is 1.10. The largest absolute Gasteiger partial charge is 0.455 e. The molecule has 142 valence electrons. The summed E-state index contributed by atoms with van der Waals surface area (Å²) in [5.74, 6) is -1.33. The minimum Gasteiger partial charge on any atom is -0.455 e. The summed E-state index contributed by atoms with van der Waals surface area (Å²) in [4.78, 5) is 25.1. The van der Waals surface area contributed by atoms with Gasteiger partial charge in [-0.3, -0.25) is 9.59 Å². The molecule has 2 aromatic carbocycles. The van der Waals surface area contributed by atoms with E-state index in [-0.39, 0.29) is 6.61 Å². The summed E-state index contributed by atoms with van der Waals surface area (Å²) in [6.07, 6.45) is 3.52. The van der Waals surface area contributed by atoms with Gasteiger partial charge in [0.2, 0.25) is 0 Å². The number of hydrogen-bond donors (Lipinski definition) is 1. The van der Waals surface area contributed by atoms with Gasteiger partial charge in [0.1, 0.15) is 5.82 Å². The third-order valence-corrected chi connectivity index (χ3v) is 5.24. The summed E-state index contributed by atoms with van der Waals surface area (Å²) in [6.45, 7) is 1.62. The highest BCUT2D eigenvalue weighted by Crippen LogP contribution is 2.43. The number of halogens is 1. The molecule has 1 aliphatic carbocycles. The zero-order chi connectivity index (χ0) is 19.3. The Morgan fingerprint density at radius 2 is 1.74 bits per heavy atom. The SMILES string of the molecule is CCc1ccccc1NC(=O)COC(=O)C1(c2ccccc2F)CCCC1. The molecule has 0 radical (unpaired) electrons. The van der Waals surface area contributed by atoms with Crippen molar-refractivity contribution in [1.29, 1.82) is 0 Å². The molecule has 0 aliphatic heterocycles. The van der Waals surface area contributed by atoms with Crippen molar-refractivity contribution >= 4 is 17.6 Å². The number of benzene rings is 2. The first-order valence-electron chi connectivity index (χ1n) is 9.37. The van der Waals surface area contributed by atoms with Gasteiger partial charge in [-0.2, -0.15) is 0 Å². The van der Waals surface area contributed by atoms with Crippen LogP contribution in [0.4, 0.5) is 10.1 Å². The first-order chi connectivity index (χ1) is 13.1. The Hall–Kier alpha value is -2.69. The topological polar surface area (TPSA) is 55.4 Å². The first kappa shape index (κ1) is 19.1. The third kappa shape index (κ3) is 4.02. The number of esters is 1. The molecule has 1 aliphatic rings. The number of hydrogen-bond acceptors (Lipinski definition) is 3. The molecule has 5 heteroatoms. The average Bonchev–Trinajstić information content (AvgIpc) is 3.18. The lowest BCUT2D eigenvalue weighted by molar-refractivity contribution is -0.153. The van der Waals surface area contributed by atoms with Gasteiger partial charge in [0.15, 0.2) is 6.61 Å². The van der Waals surface area contributed by atoms with Crippen LogP contribution < -0.4 is 5.32 Å². The summed E-state index contributed by atoms with van der Waals surface area (Å²) < 4.78 is 19.7. The number of amides is 1. The van der Waals surface area contributed by atoms with Gasteiger partial charge in [-0.05, 0) is 37.0 Å². The lowest BCUT2D eigenvalue weighted by atomic mass is 9.78. The summed E-state index contributed by atoms with van der Waals surface area (Å²) in [5, 5.41) is 2.78. The Morgan fingerprint density at radius 3 is 2.44 bits per heavy atom. The average molecular weight is 369 g/mol. The number of aryl methyl sites for hydroxylation is 1. The van der Waals surface area contributed by atoms with Crippen LogP contribution >= 0.6 is 0 Å². The maximum absolute atomic E-state index is 14.3. The molecule has 1 N–H and O–H groups in total. The lowest BCUT2D eigenvalue weighted by Gasteiger charge is -2.27. The zero-order valence-corrected chi connectivity index (χ0v) is 15.5. The number of para-hydroxylation sites is 1. The monoisotopic (exact) mass is 369 g/mol. The van der Waals surface area contributed by atoms with Gasteiger partial charge < -0.3 is 10.1 Å². The molecule has 1 amide bonds. The predicted octanol–water partition coefficient (Wildman–Crippen LogP) is 4.38. The fourth-order valence-electron chi connectivity index (χ4n) is 3.82. The molecule has 3 rings (SSSR count). The molecule has 27 heavy (non-hydrogen) atoms. The number of carbonyl (C=O) groups is 2. The third-order valence-electron chi connectivity index (χ3n) is 5.24. The quantitative estimate of drug-likeness (QED) is 0.769. The maximum atomic E-state index is 14.3. The molecule has 2 aromatic rings. The summed E-state index contributed by atoms with van der Waals surface area (Å²) in [6, 6.07) is 13.8. The Labute approximate surface area is 158 Å². The van der Waals surface area contributed by atoms with E-state index in [9.17, 15) is 14.0 Å². The fraction of sp³-hybridized carbons (Fsp3) is 0.364. The van der Waals surface area contributed by atoms with Gasteiger partial charge in [0, 0.05) is 11.3 Å². The van der Waals surface area contributed by atoms with E-state index >= 15 is 0 Å². The van der Waals surface area contributed by atoms with Gasteiger partial charge in [-0.25, -0.2) is 4.39 Å². The second-order valence-corrected chi connectivity index (χ2v) is 6.90. The zero-order valence-electron chi connectivity index (χ0n) is 15.5. The second-order valence-electron chi connectivity index (χ2n) is 6.90. The number of anilines is 1. The van der Waals surface area contributed by atoms with E-state index in [0.717, 1.165) is 24.8 Å². The molecule has 0 bridgehead atoms. The van der Waals surface area contributed by atoms with Crippen molar-refractivity contribution in [3.8, 4) is 0 Å². The Balaban J connectivity index is 1.68. The van der Waals surface area contributed by atoms with Crippen molar-refractivity contribution in [3.05, 3.63) is 65.5 Å². The van der Waals surface area contributed by atoms with E-state index in [1.165, 1.54) is 6.07 Å². The van der Waals surface area contributed by atoms with E-state index in [1.807, 2.05) is 31.2 Å². The summed E-state index contributed by atoms with van der Waals surface area (Å²) >= 11 is 0.